The van der Waals surface area contributed by atoms with E-state index in [1.165, 1.54) is 18.2 Å². The molecule has 2 heterocycles. The lowest BCUT2D eigenvalue weighted by atomic mass is 9.91. The number of aromatic amines is 1. The van der Waals surface area contributed by atoms with Gasteiger partial charge in [0, 0.05) is 24.8 Å². The van der Waals surface area contributed by atoms with E-state index in [0.717, 1.165) is 12.8 Å². The van der Waals surface area contributed by atoms with Gasteiger partial charge in [0.05, 0.1) is 0 Å². The van der Waals surface area contributed by atoms with E-state index < -0.39 is 11.6 Å². The Kier molecular flexibility index (Phi) is 4.69. The van der Waals surface area contributed by atoms with Crippen LogP contribution in [0.1, 0.15) is 35.3 Å². The minimum atomic E-state index is -0.494. The van der Waals surface area contributed by atoms with Crippen molar-refractivity contribution in [3.63, 3.8) is 0 Å². The molecule has 1 saturated heterocycles. The summed E-state index contributed by atoms with van der Waals surface area (Å²) in [6, 6.07) is 5.60. The first-order valence-corrected chi connectivity index (χ1v) is 7.86. The molecule has 1 N–H and O–H groups in total. The minimum Gasteiger partial charge on any atom is -0.337 e. The predicted octanol–water partition coefficient (Wildman–Crippen LogP) is 3.17. The molecule has 0 bridgehead atoms. The average Bonchev–Trinajstić information content (AvgIpc) is 3.08. The van der Waals surface area contributed by atoms with Crippen molar-refractivity contribution in [2.45, 2.75) is 25.7 Å². The molecular formula is C17H19F2N3O. The number of nitrogens with one attached hydrogen (secondary N) is 1. The summed E-state index contributed by atoms with van der Waals surface area (Å²) in [6.07, 6.45) is 4.46. The third-order valence-corrected chi connectivity index (χ3v) is 4.40. The number of hydrogen-bond donors (Lipinski definition) is 1. The Morgan fingerprint density at radius 1 is 1.30 bits per heavy atom. The van der Waals surface area contributed by atoms with Gasteiger partial charge in [-0.25, -0.2) is 8.78 Å². The zero-order valence-corrected chi connectivity index (χ0v) is 12.8. The van der Waals surface area contributed by atoms with E-state index in [2.05, 4.69) is 10.2 Å². The largest absolute Gasteiger partial charge is 0.337 e. The van der Waals surface area contributed by atoms with Crippen LogP contribution in [0.5, 0.6) is 0 Å². The quantitative estimate of drug-likeness (QED) is 0.941. The Morgan fingerprint density at radius 2 is 2.09 bits per heavy atom. The molecule has 23 heavy (non-hydrogen) atoms. The van der Waals surface area contributed by atoms with Crippen LogP contribution in [0, 0.1) is 17.6 Å². The van der Waals surface area contributed by atoms with Gasteiger partial charge in [0.25, 0.3) is 5.91 Å². The van der Waals surface area contributed by atoms with Crippen LogP contribution < -0.4 is 0 Å². The van der Waals surface area contributed by atoms with E-state index in [0.29, 0.717) is 31.6 Å². The topological polar surface area (TPSA) is 49.0 Å². The van der Waals surface area contributed by atoms with Gasteiger partial charge in [-0.15, -0.1) is 0 Å². The van der Waals surface area contributed by atoms with Crippen LogP contribution in [0.4, 0.5) is 8.78 Å². The van der Waals surface area contributed by atoms with E-state index in [4.69, 9.17) is 0 Å². The third kappa shape index (κ3) is 3.57. The van der Waals surface area contributed by atoms with Gasteiger partial charge in [0.15, 0.2) is 0 Å². The van der Waals surface area contributed by atoms with Gasteiger partial charge in [-0.1, -0.05) is 6.07 Å². The summed E-state index contributed by atoms with van der Waals surface area (Å²) in [7, 11) is 0. The molecular weight excluding hydrogens is 300 g/mol. The normalized spacial score (nSPS) is 18.2. The maximum absolute atomic E-state index is 13.7. The van der Waals surface area contributed by atoms with Crippen molar-refractivity contribution in [1.29, 1.82) is 0 Å². The standard InChI is InChI=1S/C17H19F2N3O/c18-14-4-1-5-15(19)13(14)7-6-12-3-2-10-22(11-12)17(23)16-8-9-20-21-16/h1,4-5,8-9,12H,2-3,6-7,10-11H2,(H,20,21)/t12-/m0/s1. The van der Waals surface area contributed by atoms with Gasteiger partial charge in [0.2, 0.25) is 0 Å². The van der Waals surface area contributed by atoms with Gasteiger partial charge < -0.3 is 4.90 Å². The van der Waals surface area contributed by atoms with Gasteiger partial charge in [0.1, 0.15) is 17.3 Å². The zero-order valence-electron chi connectivity index (χ0n) is 12.8. The van der Waals surface area contributed by atoms with E-state index in [-0.39, 0.29) is 17.4 Å². The first-order valence-electron chi connectivity index (χ1n) is 7.86. The molecule has 2 aromatic rings. The fraction of sp³-hybridized carbons (Fsp3) is 0.412. The highest BCUT2D eigenvalue weighted by atomic mass is 19.1. The fourth-order valence-electron chi connectivity index (χ4n) is 3.15. The van der Waals surface area contributed by atoms with Crippen molar-refractivity contribution in [1.82, 2.24) is 15.1 Å². The van der Waals surface area contributed by atoms with Crippen molar-refractivity contribution >= 4 is 5.91 Å². The summed E-state index contributed by atoms with van der Waals surface area (Å²) in [5, 5.41) is 6.48. The highest BCUT2D eigenvalue weighted by molar-refractivity contribution is 5.92. The molecule has 1 amide bonds. The lowest BCUT2D eigenvalue weighted by Crippen LogP contribution is -2.40. The molecule has 1 aromatic carbocycles. The lowest BCUT2D eigenvalue weighted by Gasteiger charge is -2.32. The van der Waals surface area contributed by atoms with Crippen LogP contribution in [0.2, 0.25) is 0 Å². The fourth-order valence-corrected chi connectivity index (χ4v) is 3.15. The Morgan fingerprint density at radius 3 is 2.78 bits per heavy atom. The number of benzene rings is 1. The van der Waals surface area contributed by atoms with Crippen LogP contribution >= 0.6 is 0 Å². The van der Waals surface area contributed by atoms with Crippen LogP contribution in [-0.4, -0.2) is 34.1 Å². The third-order valence-electron chi connectivity index (χ3n) is 4.40. The molecule has 0 aliphatic carbocycles. The molecule has 0 saturated carbocycles. The number of piperidine rings is 1. The van der Waals surface area contributed by atoms with Crippen LogP contribution in [-0.2, 0) is 6.42 Å². The first kappa shape index (κ1) is 15.6. The van der Waals surface area contributed by atoms with Gasteiger partial charge in [-0.05, 0) is 49.8 Å². The number of nitrogens with zero attached hydrogens (tertiary/aromatic N) is 2. The number of amides is 1. The highest BCUT2D eigenvalue weighted by Gasteiger charge is 2.25. The van der Waals surface area contributed by atoms with Gasteiger partial charge in [-0.3, -0.25) is 9.89 Å². The number of carbonyl (C=O) groups is 1. The summed E-state index contributed by atoms with van der Waals surface area (Å²) < 4.78 is 27.4. The molecule has 6 heteroatoms. The second kappa shape index (κ2) is 6.89. The Labute approximate surface area is 133 Å². The van der Waals surface area contributed by atoms with Crippen molar-refractivity contribution in [2.24, 2.45) is 5.92 Å². The molecule has 1 atom stereocenters. The molecule has 1 aromatic heterocycles. The molecule has 0 unspecified atom stereocenters. The summed E-state index contributed by atoms with van der Waals surface area (Å²) >= 11 is 0. The maximum Gasteiger partial charge on any atom is 0.271 e. The van der Waals surface area contributed by atoms with Crippen molar-refractivity contribution in [2.75, 3.05) is 13.1 Å². The molecule has 0 radical (unpaired) electrons. The summed E-state index contributed by atoms with van der Waals surface area (Å²) in [6.45, 7) is 1.33. The summed E-state index contributed by atoms with van der Waals surface area (Å²) in [5.41, 5.74) is 0.621. The number of carbonyl (C=O) groups excluding carboxylic acids is 1. The molecule has 122 valence electrons. The molecule has 0 spiro atoms. The van der Waals surface area contributed by atoms with E-state index in [1.54, 1.807) is 17.2 Å². The summed E-state index contributed by atoms with van der Waals surface area (Å²) in [5.74, 6) is -0.795. The molecule has 1 fully saturated rings. The lowest BCUT2D eigenvalue weighted by molar-refractivity contribution is 0.0662. The Balaban J connectivity index is 1.60. The number of aromatic nitrogens is 2. The van der Waals surface area contributed by atoms with Gasteiger partial charge in [-0.2, -0.15) is 5.10 Å². The number of hydrogen-bond acceptors (Lipinski definition) is 2. The monoisotopic (exact) mass is 319 g/mol. The van der Waals surface area contributed by atoms with E-state index >= 15 is 0 Å². The second-order valence-electron chi connectivity index (χ2n) is 5.97. The first-order chi connectivity index (χ1) is 11.1. The number of H-pyrrole nitrogens is 1. The van der Waals surface area contributed by atoms with E-state index in [9.17, 15) is 13.6 Å². The summed E-state index contributed by atoms with van der Waals surface area (Å²) in [4.78, 5) is 14.1. The average molecular weight is 319 g/mol. The number of likely N-dealkylation sites (tertiary alicyclic amines) is 1. The van der Waals surface area contributed by atoms with Crippen LogP contribution in [0.3, 0.4) is 0 Å². The molecule has 1 aliphatic heterocycles. The maximum atomic E-state index is 13.7. The Bertz CT molecular complexity index is 652. The van der Waals surface area contributed by atoms with Crippen LogP contribution in [0.15, 0.2) is 30.5 Å². The predicted molar refractivity (Wildman–Crippen MR) is 81.9 cm³/mol. The highest BCUT2D eigenvalue weighted by Crippen LogP contribution is 2.24. The number of rotatable bonds is 4. The smallest absolute Gasteiger partial charge is 0.271 e. The van der Waals surface area contributed by atoms with Crippen LogP contribution in [0.25, 0.3) is 0 Å². The SMILES string of the molecule is O=C(c1ccn[nH]1)N1CCC[C@@H](CCc2c(F)cccc2F)C1. The number of halogens is 2. The minimum absolute atomic E-state index is 0.0655. The Hall–Kier alpha value is -2.24. The van der Waals surface area contributed by atoms with Crippen molar-refractivity contribution in [3.8, 4) is 0 Å². The molecule has 3 rings (SSSR count). The van der Waals surface area contributed by atoms with Crippen molar-refractivity contribution < 1.29 is 13.6 Å². The molecule has 4 nitrogen and oxygen atoms in total. The molecule has 1 aliphatic rings. The van der Waals surface area contributed by atoms with E-state index in [1.807, 2.05) is 0 Å². The second-order valence-corrected chi connectivity index (χ2v) is 5.97. The van der Waals surface area contributed by atoms with Crippen molar-refractivity contribution in [3.05, 3.63) is 53.4 Å². The zero-order chi connectivity index (χ0) is 16.2. The van der Waals surface area contributed by atoms with Gasteiger partial charge >= 0.3 is 0 Å².